The number of nitrogens with one attached hydrogen (secondary N) is 2. The molecule has 3 heterocycles. The second-order valence-electron chi connectivity index (χ2n) is 9.01. The minimum atomic E-state index is -0.353. The fourth-order valence-corrected chi connectivity index (χ4v) is 3.78. The Labute approximate surface area is 195 Å². The molecular weight excluding hydrogens is 415 g/mol. The van der Waals surface area contributed by atoms with Gasteiger partial charge in [0.25, 0.3) is 0 Å². The number of allylic oxidation sites excluding steroid dienone is 2. The number of rotatable bonds is 8. The van der Waals surface area contributed by atoms with Gasteiger partial charge in [0.1, 0.15) is 0 Å². The van der Waals surface area contributed by atoms with Crippen molar-refractivity contribution in [1.82, 2.24) is 25.0 Å². The van der Waals surface area contributed by atoms with Crippen molar-refractivity contribution >= 4 is 30.5 Å². The standard InChI is InChI=1S/C24H31BN6O2/c1-15(2)6-16(3)7-21(19-9-28-30(5)14-19)29-23-17(4)26-10-20(23)24(33)27-11-22(32)31-12-18(8-25)13-31/h7,9-10,14-15,18,26H,6,11-13H2,1-5H3,(H,27,33)/b16-7+,29-21?. The molecule has 1 aliphatic rings. The molecule has 2 aromatic heterocycles. The zero-order valence-corrected chi connectivity index (χ0v) is 20.0. The van der Waals surface area contributed by atoms with Gasteiger partial charge in [0.15, 0.2) is 0 Å². The molecule has 1 aliphatic heterocycles. The van der Waals surface area contributed by atoms with Gasteiger partial charge in [-0.1, -0.05) is 19.4 Å². The van der Waals surface area contributed by atoms with E-state index in [1.807, 2.05) is 26.2 Å². The summed E-state index contributed by atoms with van der Waals surface area (Å²) in [6, 6.07) is 0. The summed E-state index contributed by atoms with van der Waals surface area (Å²) in [6.45, 7) is 9.30. The Morgan fingerprint density at radius 2 is 2.15 bits per heavy atom. The van der Waals surface area contributed by atoms with E-state index < -0.39 is 0 Å². The van der Waals surface area contributed by atoms with E-state index in [0.29, 0.717) is 30.3 Å². The molecule has 1 saturated heterocycles. The van der Waals surface area contributed by atoms with Crippen LogP contribution >= 0.6 is 0 Å². The zero-order chi connectivity index (χ0) is 24.1. The summed E-state index contributed by atoms with van der Waals surface area (Å²) in [7, 11) is 7.22. The fraction of sp³-hybridized carbons (Fsp3) is 0.458. The molecule has 2 amide bonds. The summed E-state index contributed by atoms with van der Waals surface area (Å²) in [5.41, 5.74) is 4.49. The van der Waals surface area contributed by atoms with Gasteiger partial charge in [-0.05, 0) is 25.3 Å². The van der Waals surface area contributed by atoms with E-state index in [2.05, 4.69) is 42.0 Å². The fourth-order valence-electron chi connectivity index (χ4n) is 3.78. The van der Waals surface area contributed by atoms with E-state index in [0.717, 1.165) is 23.4 Å². The molecule has 0 bridgehead atoms. The third-order valence-electron chi connectivity index (χ3n) is 5.50. The number of aryl methyl sites for hydroxylation is 2. The van der Waals surface area contributed by atoms with Crippen LogP contribution in [0.4, 0.5) is 5.69 Å². The van der Waals surface area contributed by atoms with Crippen LogP contribution in [0.5, 0.6) is 0 Å². The first kappa shape index (κ1) is 24.3. The maximum atomic E-state index is 12.9. The summed E-state index contributed by atoms with van der Waals surface area (Å²) in [5, 5.41) is 6.99. The number of likely N-dealkylation sites (tertiary alicyclic amines) is 1. The number of H-pyrrole nitrogens is 1. The number of nitrogens with zero attached hydrogens (tertiary/aromatic N) is 4. The molecule has 0 radical (unpaired) electrons. The van der Waals surface area contributed by atoms with Crippen molar-refractivity contribution in [3.8, 4) is 5.80 Å². The van der Waals surface area contributed by atoms with Crippen LogP contribution in [0, 0.1) is 24.6 Å². The first-order valence-electron chi connectivity index (χ1n) is 11.1. The summed E-state index contributed by atoms with van der Waals surface area (Å²) in [6.07, 6.45) is 8.26. The second-order valence-corrected chi connectivity index (χ2v) is 9.01. The SMILES string of the molecule is B#CC1CN(C(=O)CNC(=O)c2c[nH]c(C)c2N=C(/C=C(\C)CC(C)C)c2cnn(C)c2)C1. The number of aliphatic imine (C=N–C) groups is 1. The number of aromatic nitrogens is 3. The first-order valence-corrected chi connectivity index (χ1v) is 11.1. The van der Waals surface area contributed by atoms with Gasteiger partial charge in [0, 0.05) is 18.8 Å². The van der Waals surface area contributed by atoms with Crippen LogP contribution in [0.15, 0.2) is 35.2 Å². The quantitative estimate of drug-likeness (QED) is 0.482. The second kappa shape index (κ2) is 10.5. The van der Waals surface area contributed by atoms with Gasteiger partial charge in [-0.2, -0.15) is 5.10 Å². The molecule has 0 aliphatic carbocycles. The Hall–Kier alpha value is -3.32. The first-order chi connectivity index (χ1) is 15.7. The van der Waals surface area contributed by atoms with E-state index >= 15 is 0 Å². The van der Waals surface area contributed by atoms with Crippen LogP contribution < -0.4 is 5.32 Å². The Balaban J connectivity index is 1.82. The predicted molar refractivity (Wildman–Crippen MR) is 130 cm³/mol. The third-order valence-corrected chi connectivity index (χ3v) is 5.50. The average molecular weight is 446 g/mol. The van der Waals surface area contributed by atoms with Gasteiger partial charge in [-0.25, -0.2) is 0 Å². The van der Waals surface area contributed by atoms with Crippen molar-refractivity contribution in [2.75, 3.05) is 19.6 Å². The summed E-state index contributed by atoms with van der Waals surface area (Å²) in [5.74, 6) is 2.76. The molecule has 0 unspecified atom stereocenters. The zero-order valence-electron chi connectivity index (χ0n) is 20.0. The third kappa shape index (κ3) is 6.14. The van der Waals surface area contributed by atoms with Gasteiger partial charge in [-0.3, -0.25) is 4.68 Å². The van der Waals surface area contributed by atoms with E-state index in [-0.39, 0.29) is 24.3 Å². The van der Waals surface area contributed by atoms with Crippen LogP contribution in [0.25, 0.3) is 0 Å². The van der Waals surface area contributed by atoms with Crippen molar-refractivity contribution in [1.29, 1.82) is 0 Å². The molecule has 2 aromatic rings. The van der Waals surface area contributed by atoms with Crippen molar-refractivity contribution in [2.45, 2.75) is 34.1 Å². The molecular formula is C24H31BN6O2. The van der Waals surface area contributed by atoms with E-state index in [4.69, 9.17) is 12.3 Å². The topological polar surface area (TPSA) is 95.4 Å². The molecule has 8 nitrogen and oxygen atoms in total. The van der Waals surface area contributed by atoms with Crippen LogP contribution in [-0.2, 0) is 11.8 Å². The molecule has 3 rings (SSSR count). The maximum absolute atomic E-state index is 12.9. The normalized spacial score (nSPS) is 15.0. The van der Waals surface area contributed by atoms with Gasteiger partial charge >= 0.3 is 116 Å². The van der Waals surface area contributed by atoms with E-state index in [9.17, 15) is 9.59 Å². The molecule has 172 valence electrons. The van der Waals surface area contributed by atoms with Gasteiger partial charge in [-0.15, -0.1) is 0 Å². The number of hydrogen-bond acceptors (Lipinski definition) is 4. The van der Waals surface area contributed by atoms with Crippen molar-refractivity contribution in [3.05, 3.63) is 47.1 Å². The molecule has 0 aromatic carbocycles. The molecule has 0 saturated carbocycles. The Morgan fingerprint density at radius 3 is 2.76 bits per heavy atom. The van der Waals surface area contributed by atoms with Gasteiger partial charge < -0.3 is 0 Å². The van der Waals surface area contributed by atoms with Crippen molar-refractivity contribution in [3.63, 3.8) is 0 Å². The Kier molecular flexibility index (Phi) is 7.77. The van der Waals surface area contributed by atoms with Crippen LogP contribution in [-0.4, -0.2) is 64.2 Å². The van der Waals surface area contributed by atoms with Crippen molar-refractivity contribution in [2.24, 2.45) is 23.9 Å². The van der Waals surface area contributed by atoms with Gasteiger partial charge in [0.05, 0.1) is 6.20 Å². The van der Waals surface area contributed by atoms with Crippen molar-refractivity contribution < 1.29 is 9.59 Å². The average Bonchev–Trinajstić information content (AvgIpc) is 3.30. The summed E-state index contributed by atoms with van der Waals surface area (Å²) < 4.78 is 1.72. The monoisotopic (exact) mass is 446 g/mol. The molecule has 0 spiro atoms. The predicted octanol–water partition coefficient (Wildman–Crippen LogP) is 2.49. The molecule has 9 heteroatoms. The number of aromatic amines is 1. The number of carbonyl (C=O) groups is 2. The van der Waals surface area contributed by atoms with Crippen LogP contribution in [0.2, 0.25) is 0 Å². The van der Waals surface area contributed by atoms with E-state index in [1.165, 1.54) is 5.57 Å². The Bertz CT molecular complexity index is 1130. The minimum absolute atomic E-state index is 0.0770. The van der Waals surface area contributed by atoms with Crippen LogP contribution in [0.1, 0.15) is 48.8 Å². The molecule has 2 N–H and O–H groups in total. The van der Waals surface area contributed by atoms with Crippen LogP contribution in [0.3, 0.4) is 0 Å². The summed E-state index contributed by atoms with van der Waals surface area (Å²) >= 11 is 0. The summed E-state index contributed by atoms with van der Waals surface area (Å²) in [4.78, 5) is 34.8. The molecule has 33 heavy (non-hydrogen) atoms. The van der Waals surface area contributed by atoms with E-state index in [1.54, 1.807) is 22.0 Å². The number of carbonyl (C=O) groups excluding carboxylic acids is 2. The van der Waals surface area contributed by atoms with Gasteiger partial charge in [0.2, 0.25) is 0 Å². The number of amides is 2. The Morgan fingerprint density at radius 1 is 1.42 bits per heavy atom. The molecule has 1 fully saturated rings. The molecule has 0 atom stereocenters. The number of hydrogen-bond donors (Lipinski definition) is 2.